The molecule has 2 aliphatic rings. The van der Waals surface area contributed by atoms with Gasteiger partial charge in [0.1, 0.15) is 12.0 Å². The highest BCUT2D eigenvalue weighted by molar-refractivity contribution is 5.83. The maximum atomic E-state index is 12.1. The summed E-state index contributed by atoms with van der Waals surface area (Å²) < 4.78 is 10.4. The molecule has 4 atom stereocenters. The van der Waals surface area contributed by atoms with Crippen molar-refractivity contribution in [3.63, 3.8) is 0 Å². The fraction of sp³-hybridized carbons (Fsp3) is 0.625. The first-order valence-electron chi connectivity index (χ1n) is 7.38. The van der Waals surface area contributed by atoms with Crippen molar-refractivity contribution in [3.8, 4) is 0 Å². The quantitative estimate of drug-likeness (QED) is 0.448. The number of hydrogen-bond donors (Lipinski definition) is 0. The average molecular weight is 293 g/mol. The summed E-state index contributed by atoms with van der Waals surface area (Å²) in [5.41, 5.74) is 0. The summed E-state index contributed by atoms with van der Waals surface area (Å²) in [4.78, 5) is 26.2. The highest BCUT2D eigenvalue weighted by atomic mass is 16.6. The minimum atomic E-state index is -0.407. The summed E-state index contributed by atoms with van der Waals surface area (Å²) in [6, 6.07) is 0.488. The molecule has 5 heteroatoms. The Labute approximate surface area is 125 Å². The van der Waals surface area contributed by atoms with Crippen molar-refractivity contribution in [3.05, 3.63) is 24.3 Å². The van der Waals surface area contributed by atoms with Crippen LogP contribution in [0.5, 0.6) is 0 Å². The van der Waals surface area contributed by atoms with Crippen LogP contribution in [0.4, 0.5) is 0 Å². The third-order valence-corrected chi connectivity index (χ3v) is 4.49. The van der Waals surface area contributed by atoms with Gasteiger partial charge in [-0.2, -0.15) is 0 Å². The van der Waals surface area contributed by atoms with Crippen LogP contribution in [0.3, 0.4) is 0 Å². The van der Waals surface area contributed by atoms with Gasteiger partial charge in [-0.05, 0) is 26.8 Å². The zero-order valence-corrected chi connectivity index (χ0v) is 12.8. The van der Waals surface area contributed by atoms with Crippen molar-refractivity contribution in [2.45, 2.75) is 44.4 Å². The monoisotopic (exact) mass is 293 g/mol. The molecule has 0 N–H and O–H groups in total. The molecule has 5 nitrogen and oxygen atoms in total. The second kappa shape index (κ2) is 6.89. The first kappa shape index (κ1) is 15.8. The number of fused-ring (bicyclic) bond motifs is 2. The van der Waals surface area contributed by atoms with E-state index < -0.39 is 18.0 Å². The van der Waals surface area contributed by atoms with Gasteiger partial charge < -0.3 is 9.47 Å². The first-order chi connectivity index (χ1) is 10.1. The Kier molecular flexibility index (Phi) is 5.17. The van der Waals surface area contributed by atoms with E-state index in [0.717, 1.165) is 12.8 Å². The molecule has 0 spiro atoms. The zero-order chi connectivity index (χ0) is 15.4. The van der Waals surface area contributed by atoms with Crippen LogP contribution in [0.1, 0.15) is 26.2 Å². The predicted octanol–water partition coefficient (Wildman–Crippen LogP) is 1.69. The normalized spacial score (nSPS) is 32.7. The smallest absolute Gasteiger partial charge is 0.331 e. The molecule has 2 fully saturated rings. The second-order valence-electron chi connectivity index (χ2n) is 5.61. The predicted molar refractivity (Wildman–Crippen MR) is 78.5 cm³/mol. The van der Waals surface area contributed by atoms with E-state index in [-0.39, 0.29) is 12.0 Å². The van der Waals surface area contributed by atoms with Crippen LogP contribution in [0, 0.1) is 5.92 Å². The molecule has 0 aromatic heterocycles. The molecule has 0 unspecified atom stereocenters. The largest absolute Gasteiger partial charge is 0.469 e. The maximum Gasteiger partial charge on any atom is 0.331 e. The number of nitrogens with zero attached hydrogens (tertiary/aromatic N) is 1. The fourth-order valence-corrected chi connectivity index (χ4v) is 3.42. The van der Waals surface area contributed by atoms with Crippen LogP contribution in [0.2, 0.25) is 0 Å². The summed E-state index contributed by atoms with van der Waals surface area (Å²) in [7, 11) is 3.41. The van der Waals surface area contributed by atoms with Crippen LogP contribution in [-0.2, 0) is 19.1 Å². The van der Waals surface area contributed by atoms with Crippen LogP contribution in [0.25, 0.3) is 0 Å². The molecule has 0 saturated carbocycles. The lowest BCUT2D eigenvalue weighted by molar-refractivity contribution is -0.165. The van der Waals surface area contributed by atoms with Crippen molar-refractivity contribution in [2.75, 3.05) is 14.2 Å². The SMILES string of the molecule is C/C=C/C=C/C(=O)O[C@H]1C[C@@H]2CC[C@H]([C@H]1C(=O)OC)N2C. The van der Waals surface area contributed by atoms with Crippen LogP contribution in [-0.4, -0.2) is 49.2 Å². The number of rotatable bonds is 4. The van der Waals surface area contributed by atoms with Gasteiger partial charge in [0.25, 0.3) is 0 Å². The molecular formula is C16H23NO4. The third-order valence-electron chi connectivity index (χ3n) is 4.49. The number of allylic oxidation sites excluding steroid dienone is 3. The van der Waals surface area contributed by atoms with Gasteiger partial charge in [-0.3, -0.25) is 9.69 Å². The van der Waals surface area contributed by atoms with E-state index in [1.54, 1.807) is 12.2 Å². The standard InChI is InChI=1S/C16H23NO4/c1-4-5-6-7-14(18)21-13-10-11-8-9-12(17(11)2)15(13)16(19)20-3/h4-7,11-13,15H,8-10H2,1-3H3/b5-4+,7-6+/t11-,12+,13-,15+/m0/s1. The van der Waals surface area contributed by atoms with Crippen LogP contribution in [0.15, 0.2) is 24.3 Å². The van der Waals surface area contributed by atoms with Crippen molar-refractivity contribution >= 4 is 11.9 Å². The van der Waals surface area contributed by atoms with Gasteiger partial charge in [0.05, 0.1) is 7.11 Å². The summed E-state index contributed by atoms with van der Waals surface area (Å²) in [6.45, 7) is 1.87. The molecule has 0 aromatic rings. The molecule has 0 aromatic carbocycles. The maximum absolute atomic E-state index is 12.1. The summed E-state index contributed by atoms with van der Waals surface area (Å²) >= 11 is 0. The number of esters is 2. The molecule has 21 heavy (non-hydrogen) atoms. The number of ether oxygens (including phenoxy) is 2. The van der Waals surface area contributed by atoms with Gasteiger partial charge in [0.2, 0.25) is 0 Å². The molecule has 2 aliphatic heterocycles. The lowest BCUT2D eigenvalue weighted by Gasteiger charge is -2.40. The third kappa shape index (κ3) is 3.35. The molecular weight excluding hydrogens is 270 g/mol. The summed E-state index contributed by atoms with van der Waals surface area (Å²) in [6.07, 6.45) is 8.90. The Morgan fingerprint density at radius 3 is 2.67 bits per heavy atom. The lowest BCUT2D eigenvalue weighted by atomic mass is 9.87. The number of carbonyl (C=O) groups is 2. The van der Waals surface area contributed by atoms with Gasteiger partial charge in [-0.1, -0.05) is 18.2 Å². The minimum Gasteiger partial charge on any atom is -0.469 e. The van der Waals surface area contributed by atoms with E-state index >= 15 is 0 Å². The molecule has 2 heterocycles. The van der Waals surface area contributed by atoms with E-state index in [9.17, 15) is 9.59 Å². The van der Waals surface area contributed by atoms with Gasteiger partial charge in [-0.25, -0.2) is 4.79 Å². The topological polar surface area (TPSA) is 55.8 Å². The Hall–Kier alpha value is -1.62. The van der Waals surface area contributed by atoms with E-state index in [1.165, 1.54) is 13.2 Å². The fourth-order valence-electron chi connectivity index (χ4n) is 3.42. The molecule has 2 saturated heterocycles. The van der Waals surface area contributed by atoms with Crippen molar-refractivity contribution in [2.24, 2.45) is 5.92 Å². The van der Waals surface area contributed by atoms with E-state index in [2.05, 4.69) is 4.90 Å². The van der Waals surface area contributed by atoms with E-state index in [4.69, 9.17) is 9.47 Å². The van der Waals surface area contributed by atoms with Crippen molar-refractivity contribution in [1.29, 1.82) is 0 Å². The van der Waals surface area contributed by atoms with Crippen molar-refractivity contribution in [1.82, 2.24) is 4.90 Å². The Morgan fingerprint density at radius 1 is 1.24 bits per heavy atom. The highest BCUT2D eigenvalue weighted by Gasteiger charge is 2.50. The van der Waals surface area contributed by atoms with Gasteiger partial charge in [-0.15, -0.1) is 0 Å². The second-order valence-corrected chi connectivity index (χ2v) is 5.61. The summed E-state index contributed by atoms with van der Waals surface area (Å²) in [5.74, 6) is -1.09. The van der Waals surface area contributed by atoms with E-state index in [0.29, 0.717) is 12.5 Å². The molecule has 2 bridgehead atoms. The van der Waals surface area contributed by atoms with Gasteiger partial charge in [0, 0.05) is 24.6 Å². The first-order valence-corrected chi connectivity index (χ1v) is 7.38. The van der Waals surface area contributed by atoms with Gasteiger partial charge in [0.15, 0.2) is 0 Å². The Morgan fingerprint density at radius 2 is 2.00 bits per heavy atom. The van der Waals surface area contributed by atoms with Crippen molar-refractivity contribution < 1.29 is 19.1 Å². The molecule has 0 aliphatic carbocycles. The van der Waals surface area contributed by atoms with Crippen LogP contribution < -0.4 is 0 Å². The Balaban J connectivity index is 2.09. The molecule has 2 rings (SSSR count). The van der Waals surface area contributed by atoms with E-state index in [1.807, 2.05) is 20.0 Å². The van der Waals surface area contributed by atoms with Gasteiger partial charge >= 0.3 is 11.9 Å². The minimum absolute atomic E-state index is 0.105. The number of carbonyl (C=O) groups excluding carboxylic acids is 2. The molecule has 0 amide bonds. The number of piperidine rings is 1. The molecule has 0 radical (unpaired) electrons. The Bertz CT molecular complexity index is 457. The summed E-state index contributed by atoms with van der Waals surface area (Å²) in [5, 5.41) is 0. The van der Waals surface area contributed by atoms with Crippen LogP contribution >= 0.6 is 0 Å². The number of hydrogen-bond acceptors (Lipinski definition) is 5. The zero-order valence-electron chi connectivity index (χ0n) is 12.8. The molecule has 116 valence electrons. The average Bonchev–Trinajstić information content (AvgIpc) is 2.71. The number of methoxy groups -OCH3 is 1. The highest BCUT2D eigenvalue weighted by Crippen LogP contribution is 2.40. The lowest BCUT2D eigenvalue weighted by Crippen LogP contribution is -2.53.